The largest absolute Gasteiger partial charge is 0.311 e. The normalized spacial score (nSPS) is 21.8. The molecule has 1 aromatic rings. The van der Waals surface area contributed by atoms with Crippen LogP contribution in [-0.4, -0.2) is 61.0 Å². The molecular weight excluding hydrogens is 310 g/mol. The number of nitrogens with zero attached hydrogens (tertiary/aromatic N) is 3. The number of likely N-dealkylation sites (N-methyl/N-ethyl adjacent to an activating group) is 1. The van der Waals surface area contributed by atoms with E-state index in [1.54, 1.807) is 0 Å². The molecule has 1 saturated heterocycles. The molecular formula is C21H33N3O. The van der Waals surface area contributed by atoms with E-state index in [4.69, 9.17) is 0 Å². The standard InChI is InChI=1S/C21H33N3O/c1-3-20(25)24(19-10-6-4-7-11-19)18-21(12-8-5-9-13-21)23-16-14-22(2)15-17-23/h4,6-7,10-11H,3,5,8-9,12-18H2,1-2H3. The van der Waals surface area contributed by atoms with Crippen LogP contribution in [0.15, 0.2) is 30.3 Å². The summed E-state index contributed by atoms with van der Waals surface area (Å²) < 4.78 is 0. The zero-order chi connectivity index (χ0) is 17.7. The van der Waals surface area contributed by atoms with Crippen molar-refractivity contribution in [2.24, 2.45) is 0 Å². The highest BCUT2D eigenvalue weighted by Crippen LogP contribution is 2.36. The van der Waals surface area contributed by atoms with Crippen molar-refractivity contribution in [3.63, 3.8) is 0 Å². The lowest BCUT2D eigenvalue weighted by molar-refractivity contribution is -0.119. The van der Waals surface area contributed by atoms with Crippen molar-refractivity contribution in [2.75, 3.05) is 44.7 Å². The third kappa shape index (κ3) is 4.24. The van der Waals surface area contributed by atoms with Gasteiger partial charge >= 0.3 is 0 Å². The van der Waals surface area contributed by atoms with E-state index in [9.17, 15) is 4.79 Å². The first-order valence-electron chi connectivity index (χ1n) is 9.94. The molecule has 1 aliphatic carbocycles. The number of carbonyl (C=O) groups excluding carboxylic acids is 1. The van der Waals surface area contributed by atoms with Gasteiger partial charge in [-0.05, 0) is 32.0 Å². The number of carbonyl (C=O) groups is 1. The second kappa shape index (κ2) is 8.33. The summed E-state index contributed by atoms with van der Waals surface area (Å²) in [5.74, 6) is 0.241. The van der Waals surface area contributed by atoms with Crippen molar-refractivity contribution >= 4 is 11.6 Å². The van der Waals surface area contributed by atoms with E-state index in [0.29, 0.717) is 6.42 Å². The SMILES string of the molecule is CCC(=O)N(CC1(N2CCN(C)CC2)CCCCC1)c1ccccc1. The minimum absolute atomic E-state index is 0.153. The minimum atomic E-state index is 0.153. The number of anilines is 1. The predicted molar refractivity (Wildman–Crippen MR) is 104 cm³/mol. The average molecular weight is 344 g/mol. The summed E-state index contributed by atoms with van der Waals surface area (Å²) in [6.07, 6.45) is 6.91. The monoisotopic (exact) mass is 343 g/mol. The zero-order valence-electron chi connectivity index (χ0n) is 15.9. The summed E-state index contributed by atoms with van der Waals surface area (Å²) in [5, 5.41) is 0. The van der Waals surface area contributed by atoms with Crippen LogP contribution in [0.25, 0.3) is 0 Å². The summed E-state index contributed by atoms with van der Waals surface area (Å²) in [4.78, 5) is 19.9. The van der Waals surface area contributed by atoms with Gasteiger partial charge in [0.05, 0.1) is 0 Å². The summed E-state index contributed by atoms with van der Waals surface area (Å²) in [6.45, 7) is 7.33. The summed E-state index contributed by atoms with van der Waals surface area (Å²) in [5.41, 5.74) is 1.20. The number of piperazine rings is 1. The van der Waals surface area contributed by atoms with E-state index >= 15 is 0 Å². The highest BCUT2D eigenvalue weighted by molar-refractivity contribution is 5.93. The van der Waals surface area contributed by atoms with Gasteiger partial charge in [-0.1, -0.05) is 44.4 Å². The molecule has 1 aromatic carbocycles. The summed E-state index contributed by atoms with van der Waals surface area (Å²) in [6, 6.07) is 10.3. The van der Waals surface area contributed by atoms with E-state index in [1.165, 1.54) is 32.1 Å². The van der Waals surface area contributed by atoms with Gasteiger partial charge in [0.2, 0.25) is 5.91 Å². The van der Waals surface area contributed by atoms with Gasteiger partial charge in [-0.2, -0.15) is 0 Å². The maximum absolute atomic E-state index is 12.8. The number of para-hydroxylation sites is 1. The Morgan fingerprint density at radius 1 is 1.04 bits per heavy atom. The first kappa shape index (κ1) is 18.4. The van der Waals surface area contributed by atoms with Crippen LogP contribution in [0.2, 0.25) is 0 Å². The van der Waals surface area contributed by atoms with Gasteiger partial charge in [0.1, 0.15) is 0 Å². The first-order chi connectivity index (χ1) is 12.1. The highest BCUT2D eigenvalue weighted by atomic mass is 16.2. The average Bonchev–Trinajstić information content (AvgIpc) is 2.67. The van der Waals surface area contributed by atoms with Crippen molar-refractivity contribution in [3.8, 4) is 0 Å². The molecule has 0 radical (unpaired) electrons. The lowest BCUT2D eigenvalue weighted by atomic mass is 9.79. The molecule has 0 N–H and O–H groups in total. The molecule has 4 nitrogen and oxygen atoms in total. The molecule has 1 amide bonds. The molecule has 0 atom stereocenters. The molecule has 3 rings (SSSR count). The number of benzene rings is 1. The quantitative estimate of drug-likeness (QED) is 0.820. The lowest BCUT2D eigenvalue weighted by Crippen LogP contribution is -2.62. The molecule has 0 bridgehead atoms. The Labute approximate surface area is 152 Å². The number of hydrogen-bond acceptors (Lipinski definition) is 3. The Hall–Kier alpha value is -1.39. The topological polar surface area (TPSA) is 26.8 Å². The van der Waals surface area contributed by atoms with Gasteiger partial charge in [0, 0.05) is 50.4 Å². The third-order valence-electron chi connectivity index (χ3n) is 6.08. The number of amides is 1. The molecule has 1 saturated carbocycles. The van der Waals surface area contributed by atoms with Crippen LogP contribution in [-0.2, 0) is 4.79 Å². The molecule has 1 heterocycles. The van der Waals surface area contributed by atoms with E-state index in [1.807, 2.05) is 25.1 Å². The van der Waals surface area contributed by atoms with E-state index in [2.05, 4.69) is 33.9 Å². The van der Waals surface area contributed by atoms with E-state index in [0.717, 1.165) is 38.4 Å². The summed E-state index contributed by atoms with van der Waals surface area (Å²) >= 11 is 0. The zero-order valence-corrected chi connectivity index (χ0v) is 15.9. The molecule has 0 spiro atoms. The molecule has 138 valence electrons. The van der Waals surface area contributed by atoms with Crippen LogP contribution in [0.5, 0.6) is 0 Å². The number of hydrogen-bond donors (Lipinski definition) is 0. The van der Waals surface area contributed by atoms with Gasteiger partial charge in [0.15, 0.2) is 0 Å². The Kier molecular flexibility index (Phi) is 6.13. The minimum Gasteiger partial charge on any atom is -0.311 e. The second-order valence-electron chi connectivity index (χ2n) is 7.74. The third-order valence-corrected chi connectivity index (χ3v) is 6.08. The lowest BCUT2D eigenvalue weighted by Gasteiger charge is -2.51. The van der Waals surface area contributed by atoms with Crippen LogP contribution in [0.3, 0.4) is 0 Å². The smallest absolute Gasteiger partial charge is 0.226 e. The van der Waals surface area contributed by atoms with Crippen molar-refractivity contribution in [1.29, 1.82) is 0 Å². The fourth-order valence-corrected chi connectivity index (χ4v) is 4.48. The second-order valence-corrected chi connectivity index (χ2v) is 7.74. The Morgan fingerprint density at radius 3 is 2.28 bits per heavy atom. The van der Waals surface area contributed by atoms with Crippen molar-refractivity contribution in [3.05, 3.63) is 30.3 Å². The van der Waals surface area contributed by atoms with Crippen molar-refractivity contribution in [1.82, 2.24) is 9.80 Å². The van der Waals surface area contributed by atoms with Crippen molar-refractivity contribution in [2.45, 2.75) is 51.0 Å². The highest BCUT2D eigenvalue weighted by Gasteiger charge is 2.41. The van der Waals surface area contributed by atoms with Gasteiger partial charge < -0.3 is 9.80 Å². The van der Waals surface area contributed by atoms with Crippen LogP contribution in [0, 0.1) is 0 Å². The summed E-state index contributed by atoms with van der Waals surface area (Å²) in [7, 11) is 2.21. The first-order valence-corrected chi connectivity index (χ1v) is 9.94. The van der Waals surface area contributed by atoms with Gasteiger partial charge in [-0.25, -0.2) is 0 Å². The van der Waals surface area contributed by atoms with Crippen molar-refractivity contribution < 1.29 is 4.79 Å². The maximum Gasteiger partial charge on any atom is 0.226 e. The van der Waals surface area contributed by atoms with E-state index in [-0.39, 0.29) is 11.4 Å². The van der Waals surface area contributed by atoms with Crippen LogP contribution < -0.4 is 4.90 Å². The molecule has 1 aliphatic heterocycles. The molecule has 2 aliphatic rings. The fourth-order valence-electron chi connectivity index (χ4n) is 4.48. The molecule has 4 heteroatoms. The van der Waals surface area contributed by atoms with Crippen LogP contribution in [0.4, 0.5) is 5.69 Å². The Balaban J connectivity index is 1.85. The van der Waals surface area contributed by atoms with Gasteiger partial charge in [0.25, 0.3) is 0 Å². The van der Waals surface area contributed by atoms with Crippen LogP contribution >= 0.6 is 0 Å². The maximum atomic E-state index is 12.8. The fraction of sp³-hybridized carbons (Fsp3) is 0.667. The Morgan fingerprint density at radius 2 is 1.68 bits per heavy atom. The van der Waals surface area contributed by atoms with Gasteiger partial charge in [-0.3, -0.25) is 9.69 Å². The molecule has 0 aromatic heterocycles. The van der Waals surface area contributed by atoms with Crippen LogP contribution in [0.1, 0.15) is 45.4 Å². The molecule has 0 unspecified atom stereocenters. The molecule has 2 fully saturated rings. The number of rotatable bonds is 5. The van der Waals surface area contributed by atoms with Gasteiger partial charge in [-0.15, -0.1) is 0 Å². The molecule has 25 heavy (non-hydrogen) atoms. The predicted octanol–water partition coefficient (Wildman–Crippen LogP) is 3.38. The van der Waals surface area contributed by atoms with E-state index < -0.39 is 0 Å². The Bertz CT molecular complexity index is 546.